The molecule has 0 aromatic heterocycles. The van der Waals surface area contributed by atoms with Crippen LogP contribution < -0.4 is 51.4 Å². The van der Waals surface area contributed by atoms with Gasteiger partial charge < -0.3 is 16.5 Å². The summed E-state index contributed by atoms with van der Waals surface area (Å²) in [5.41, 5.74) is 1.17. The van der Waals surface area contributed by atoms with Gasteiger partial charge in [-0.05, 0) is 5.56 Å². The molecule has 0 heterocycles. The van der Waals surface area contributed by atoms with E-state index in [-0.39, 0.29) is 52.8 Å². The molecule has 0 saturated carbocycles. The molecule has 1 aromatic carbocycles. The van der Waals surface area contributed by atoms with Crippen molar-refractivity contribution in [1.82, 2.24) is 0 Å². The topological polar surface area (TPSA) is 60.7 Å². The summed E-state index contributed by atoms with van der Waals surface area (Å²) in [6.45, 7) is 3.63. The van der Waals surface area contributed by atoms with Gasteiger partial charge in [0, 0.05) is 0 Å². The number of rotatable bonds is 1. The summed E-state index contributed by atoms with van der Waals surface area (Å²) in [4.78, 5) is 0. The van der Waals surface area contributed by atoms with Gasteiger partial charge in [0.1, 0.15) is 0 Å². The van der Waals surface area contributed by atoms with Crippen LogP contribution in [0.4, 0.5) is 0 Å². The summed E-state index contributed by atoms with van der Waals surface area (Å²) < 4.78 is 0. The van der Waals surface area contributed by atoms with E-state index in [1.165, 1.54) is 5.56 Å². The molecule has 0 unspecified atom stereocenters. The fourth-order valence-electron chi connectivity index (χ4n) is 0.589. The van der Waals surface area contributed by atoms with E-state index >= 15 is 0 Å². The number of hydrogen-bond acceptors (Lipinski definition) is 3. The van der Waals surface area contributed by atoms with Crippen molar-refractivity contribution in [2.24, 2.45) is 0 Å². The van der Waals surface area contributed by atoms with E-state index in [9.17, 15) is 0 Å². The largest absolute Gasteiger partial charge is 1.00 e. The molecule has 66 valence electrons. The third kappa shape index (κ3) is 12.5. The van der Waals surface area contributed by atoms with Gasteiger partial charge in [0.15, 0.2) is 0 Å². The molecular formula is C8H12BKO3. The molecule has 0 atom stereocenters. The molecule has 0 radical (unpaired) electrons. The maximum atomic E-state index is 7.17. The Balaban J connectivity index is -0.000000180. The van der Waals surface area contributed by atoms with Crippen molar-refractivity contribution < 1.29 is 67.9 Å². The van der Waals surface area contributed by atoms with Crippen LogP contribution in [-0.4, -0.2) is 22.4 Å². The van der Waals surface area contributed by atoms with Crippen molar-refractivity contribution in [3.05, 3.63) is 42.5 Å². The average Bonchev–Trinajstić information content (AvgIpc) is 2.05. The van der Waals surface area contributed by atoms with Crippen LogP contribution >= 0.6 is 0 Å². The predicted molar refractivity (Wildman–Crippen MR) is 50.1 cm³/mol. The zero-order valence-electron chi connectivity index (χ0n) is 8.59. The van der Waals surface area contributed by atoms with Gasteiger partial charge in [-0.15, -0.1) is 0 Å². The second kappa shape index (κ2) is 10.6. The molecule has 0 fully saturated rings. The molecule has 0 spiro atoms. The smallest absolute Gasteiger partial charge is 1.00 e. The van der Waals surface area contributed by atoms with Crippen molar-refractivity contribution >= 4 is 13.4 Å². The molecule has 0 aliphatic heterocycles. The molecule has 0 aliphatic carbocycles. The first kappa shape index (κ1) is 16.0. The normalized spacial score (nSPS) is 7.31. The van der Waals surface area contributed by atoms with E-state index in [2.05, 4.69) is 6.58 Å². The van der Waals surface area contributed by atoms with Crippen LogP contribution in [0.25, 0.3) is 6.08 Å². The summed E-state index contributed by atoms with van der Waals surface area (Å²) in [6.07, 6.45) is 1.83. The Hall–Kier alpha value is 0.541. The Kier molecular flexibility index (Phi) is 13.1. The van der Waals surface area contributed by atoms with Gasteiger partial charge in [-0.2, -0.15) is 0 Å². The van der Waals surface area contributed by atoms with Crippen molar-refractivity contribution in [1.29, 1.82) is 0 Å². The van der Waals surface area contributed by atoms with Gasteiger partial charge in [-0.3, -0.25) is 0 Å². The van der Waals surface area contributed by atoms with Crippen molar-refractivity contribution in [3.63, 3.8) is 0 Å². The minimum Gasteiger partial charge on any atom is -1.00 e. The Labute approximate surface area is 122 Å². The Morgan fingerprint density at radius 1 is 1.15 bits per heavy atom. The van der Waals surface area contributed by atoms with Crippen molar-refractivity contribution in [2.45, 2.75) is 0 Å². The van der Waals surface area contributed by atoms with Crippen LogP contribution in [0.5, 0.6) is 0 Å². The van der Waals surface area contributed by atoms with Gasteiger partial charge in [0.25, 0.3) is 0 Å². The molecule has 5 heteroatoms. The Morgan fingerprint density at radius 3 is 1.77 bits per heavy atom. The molecule has 1 aromatic rings. The molecule has 0 saturated heterocycles. The minimum atomic E-state index is -2.17. The third-order valence-electron chi connectivity index (χ3n) is 1.04. The summed E-state index contributed by atoms with van der Waals surface area (Å²) >= 11 is 0. The van der Waals surface area contributed by atoms with Crippen LogP contribution in [0.15, 0.2) is 36.9 Å². The van der Waals surface area contributed by atoms with E-state index in [0.29, 0.717) is 0 Å². The Bertz CT molecular complexity index is 218. The standard InChI is InChI=1S/C8H8.BH3O3.K.H/c1-2-8-6-4-3-5-7-8;2-1(3)4;;/h2-7H,1H2;2-4H;;/q;;+1;-1. The van der Waals surface area contributed by atoms with E-state index in [0.717, 1.165) is 0 Å². The predicted octanol–water partition coefficient (Wildman–Crippen LogP) is -2.61. The second-order valence-corrected chi connectivity index (χ2v) is 1.96. The molecule has 0 amide bonds. The van der Waals surface area contributed by atoms with Gasteiger partial charge in [0.05, 0.1) is 0 Å². The fourth-order valence-corrected chi connectivity index (χ4v) is 0.589. The molecule has 0 aliphatic rings. The first-order valence-corrected chi connectivity index (χ1v) is 3.38. The molecule has 0 bridgehead atoms. The zero-order chi connectivity index (χ0) is 9.40. The quantitative estimate of drug-likeness (QED) is 0.441. The summed E-state index contributed by atoms with van der Waals surface area (Å²) in [5.74, 6) is 0. The van der Waals surface area contributed by atoms with E-state index < -0.39 is 7.32 Å². The fraction of sp³-hybridized carbons (Fsp3) is 0. The SMILES string of the molecule is C=Cc1ccccc1.OB(O)O.[H-].[K+]. The van der Waals surface area contributed by atoms with Crippen LogP contribution in [0, 0.1) is 0 Å². The summed E-state index contributed by atoms with van der Waals surface area (Å²) in [7, 11) is -2.17. The zero-order valence-corrected chi connectivity index (χ0v) is 10.7. The van der Waals surface area contributed by atoms with Crippen LogP contribution in [0.2, 0.25) is 0 Å². The molecule has 13 heavy (non-hydrogen) atoms. The third-order valence-corrected chi connectivity index (χ3v) is 1.04. The second-order valence-electron chi connectivity index (χ2n) is 1.96. The van der Waals surface area contributed by atoms with Crippen LogP contribution in [0.3, 0.4) is 0 Å². The molecular weight excluding hydrogens is 194 g/mol. The maximum absolute atomic E-state index is 7.17. The van der Waals surface area contributed by atoms with E-state index in [1.807, 2.05) is 36.4 Å². The monoisotopic (exact) mass is 206 g/mol. The van der Waals surface area contributed by atoms with Crippen molar-refractivity contribution in [3.8, 4) is 0 Å². The van der Waals surface area contributed by atoms with Gasteiger partial charge >= 0.3 is 58.7 Å². The maximum Gasteiger partial charge on any atom is 1.00 e. The number of hydrogen-bond donors (Lipinski definition) is 3. The van der Waals surface area contributed by atoms with Crippen molar-refractivity contribution in [2.75, 3.05) is 0 Å². The van der Waals surface area contributed by atoms with Gasteiger partial charge in [-0.1, -0.05) is 43.0 Å². The van der Waals surface area contributed by atoms with E-state index in [1.54, 1.807) is 0 Å². The van der Waals surface area contributed by atoms with Crippen LogP contribution in [0.1, 0.15) is 6.99 Å². The average molecular weight is 206 g/mol. The van der Waals surface area contributed by atoms with Crippen LogP contribution in [-0.2, 0) is 0 Å². The first-order valence-electron chi connectivity index (χ1n) is 3.38. The molecule has 3 nitrogen and oxygen atoms in total. The van der Waals surface area contributed by atoms with Gasteiger partial charge in [-0.25, -0.2) is 0 Å². The molecule has 1 rings (SSSR count). The minimum absolute atomic E-state index is 0. The Morgan fingerprint density at radius 2 is 1.54 bits per heavy atom. The van der Waals surface area contributed by atoms with E-state index in [4.69, 9.17) is 15.1 Å². The van der Waals surface area contributed by atoms with Gasteiger partial charge in [0.2, 0.25) is 0 Å². The number of benzene rings is 1. The summed E-state index contributed by atoms with van der Waals surface area (Å²) in [6, 6.07) is 10.0. The summed E-state index contributed by atoms with van der Waals surface area (Å²) in [5, 5.41) is 21.5. The first-order chi connectivity index (χ1) is 5.66. The molecule has 3 N–H and O–H groups in total.